The molecule has 164 valence electrons. The van der Waals surface area contributed by atoms with E-state index in [1.54, 1.807) is 19.1 Å². The summed E-state index contributed by atoms with van der Waals surface area (Å²) in [7, 11) is -2.35. The zero-order valence-electron chi connectivity index (χ0n) is 16.9. The van der Waals surface area contributed by atoms with Crippen molar-refractivity contribution >= 4 is 15.9 Å². The summed E-state index contributed by atoms with van der Waals surface area (Å²) in [6, 6.07) is 7.04. The molecule has 0 bridgehead atoms. The highest BCUT2D eigenvalue weighted by Gasteiger charge is 2.33. The monoisotopic (exact) mass is 440 g/mol. The second-order valence-electron chi connectivity index (χ2n) is 6.99. The SMILES string of the molecule is COCCN(CC1CN(S(=O)(=O)c2ccc(C)c(F)c2)CCO1)C(=O)c1ccco1. The van der Waals surface area contributed by atoms with Crippen molar-refractivity contribution < 1.29 is 31.5 Å². The van der Waals surface area contributed by atoms with Gasteiger partial charge in [0.05, 0.1) is 30.5 Å². The first-order chi connectivity index (χ1) is 14.3. The number of hydrogen-bond donors (Lipinski definition) is 0. The zero-order valence-corrected chi connectivity index (χ0v) is 17.7. The molecule has 0 radical (unpaired) electrons. The number of carbonyl (C=O) groups is 1. The summed E-state index contributed by atoms with van der Waals surface area (Å²) < 4.78 is 57.1. The van der Waals surface area contributed by atoms with Gasteiger partial charge in [-0.15, -0.1) is 0 Å². The van der Waals surface area contributed by atoms with Gasteiger partial charge in [-0.3, -0.25) is 4.79 Å². The molecule has 1 amide bonds. The lowest BCUT2D eigenvalue weighted by Crippen LogP contribution is -2.51. The first-order valence-corrected chi connectivity index (χ1v) is 11.0. The van der Waals surface area contributed by atoms with Gasteiger partial charge >= 0.3 is 0 Å². The van der Waals surface area contributed by atoms with Crippen LogP contribution in [0.2, 0.25) is 0 Å². The zero-order chi connectivity index (χ0) is 21.7. The Hall–Kier alpha value is -2.27. The lowest BCUT2D eigenvalue weighted by molar-refractivity contribution is -0.0201. The number of morpholine rings is 1. The first-order valence-electron chi connectivity index (χ1n) is 9.52. The molecule has 2 aromatic rings. The summed E-state index contributed by atoms with van der Waals surface area (Å²) in [6.07, 6.45) is 0.869. The molecule has 0 aliphatic carbocycles. The van der Waals surface area contributed by atoms with E-state index in [-0.39, 0.29) is 42.8 Å². The fourth-order valence-corrected chi connectivity index (χ4v) is 4.65. The number of carbonyl (C=O) groups excluding carboxylic acids is 1. The number of ether oxygens (including phenoxy) is 2. The quantitative estimate of drug-likeness (QED) is 0.623. The van der Waals surface area contributed by atoms with E-state index in [0.29, 0.717) is 18.7 Å². The largest absolute Gasteiger partial charge is 0.459 e. The highest BCUT2D eigenvalue weighted by Crippen LogP contribution is 2.21. The van der Waals surface area contributed by atoms with Gasteiger partial charge in [-0.2, -0.15) is 4.31 Å². The van der Waals surface area contributed by atoms with Crippen LogP contribution in [0.3, 0.4) is 0 Å². The lowest BCUT2D eigenvalue weighted by atomic mass is 10.2. The minimum atomic E-state index is -3.88. The molecule has 3 rings (SSSR count). The average Bonchev–Trinajstić information content (AvgIpc) is 3.27. The number of rotatable bonds is 8. The van der Waals surface area contributed by atoms with Crippen molar-refractivity contribution in [3.8, 4) is 0 Å². The summed E-state index contributed by atoms with van der Waals surface area (Å²) in [6.45, 7) is 2.71. The van der Waals surface area contributed by atoms with Crippen molar-refractivity contribution in [2.75, 3.05) is 46.5 Å². The van der Waals surface area contributed by atoms with E-state index in [1.807, 2.05) is 0 Å². The molecular formula is C20H25FN2O6S. The second kappa shape index (κ2) is 9.69. The van der Waals surface area contributed by atoms with Crippen LogP contribution in [0.25, 0.3) is 0 Å². The summed E-state index contributed by atoms with van der Waals surface area (Å²) in [5.74, 6) is -0.724. The summed E-state index contributed by atoms with van der Waals surface area (Å²) >= 11 is 0. The van der Waals surface area contributed by atoms with Crippen molar-refractivity contribution in [2.24, 2.45) is 0 Å². The third-order valence-corrected chi connectivity index (χ3v) is 6.75. The van der Waals surface area contributed by atoms with Crippen molar-refractivity contribution in [1.29, 1.82) is 0 Å². The number of furan rings is 1. The van der Waals surface area contributed by atoms with E-state index in [0.717, 1.165) is 6.07 Å². The smallest absolute Gasteiger partial charge is 0.289 e. The maximum atomic E-state index is 13.9. The Morgan fingerprint density at radius 1 is 1.37 bits per heavy atom. The van der Waals surface area contributed by atoms with Gasteiger partial charge in [-0.1, -0.05) is 6.07 Å². The first kappa shape index (κ1) is 22.4. The Morgan fingerprint density at radius 3 is 2.83 bits per heavy atom. The maximum Gasteiger partial charge on any atom is 0.289 e. The van der Waals surface area contributed by atoms with Crippen molar-refractivity contribution in [3.05, 3.63) is 53.7 Å². The standard InChI is InChI=1S/C20H25FN2O6S/c1-15-5-6-17(12-18(15)21)30(25,26)23-8-11-28-16(14-23)13-22(7-10-27-2)20(24)19-4-3-9-29-19/h3-6,9,12,16H,7-8,10-11,13-14H2,1-2H3. The molecule has 1 fully saturated rings. The minimum Gasteiger partial charge on any atom is -0.459 e. The number of benzene rings is 1. The van der Waals surface area contributed by atoms with Crippen LogP contribution in [0.5, 0.6) is 0 Å². The number of aryl methyl sites for hydroxylation is 1. The van der Waals surface area contributed by atoms with Crippen molar-refractivity contribution in [2.45, 2.75) is 17.9 Å². The van der Waals surface area contributed by atoms with E-state index in [9.17, 15) is 17.6 Å². The number of halogens is 1. The van der Waals surface area contributed by atoms with Crippen LogP contribution in [0.4, 0.5) is 4.39 Å². The molecule has 1 aromatic carbocycles. The topological polar surface area (TPSA) is 89.3 Å². The van der Waals surface area contributed by atoms with Gasteiger partial charge in [0.1, 0.15) is 5.82 Å². The van der Waals surface area contributed by atoms with Crippen LogP contribution < -0.4 is 0 Å². The Kier molecular flexibility index (Phi) is 7.24. The van der Waals surface area contributed by atoms with Crippen molar-refractivity contribution in [1.82, 2.24) is 9.21 Å². The van der Waals surface area contributed by atoms with Gasteiger partial charge in [0, 0.05) is 33.3 Å². The predicted octanol–water partition coefficient (Wildman–Crippen LogP) is 1.91. The van der Waals surface area contributed by atoms with Gasteiger partial charge in [0.25, 0.3) is 5.91 Å². The van der Waals surface area contributed by atoms with E-state index in [2.05, 4.69) is 0 Å². The van der Waals surface area contributed by atoms with E-state index in [1.165, 1.54) is 34.7 Å². The summed E-state index contributed by atoms with van der Waals surface area (Å²) in [5.41, 5.74) is 0.374. The van der Waals surface area contributed by atoms with Gasteiger partial charge in [0.15, 0.2) is 5.76 Å². The average molecular weight is 440 g/mol. The molecule has 0 N–H and O–H groups in total. The van der Waals surface area contributed by atoms with Crippen LogP contribution in [0.15, 0.2) is 45.9 Å². The van der Waals surface area contributed by atoms with Crippen LogP contribution in [0, 0.1) is 12.7 Å². The van der Waals surface area contributed by atoms with Gasteiger partial charge in [-0.05, 0) is 36.8 Å². The van der Waals surface area contributed by atoms with Gasteiger partial charge in [-0.25, -0.2) is 12.8 Å². The van der Waals surface area contributed by atoms with Crippen LogP contribution in [-0.2, 0) is 19.5 Å². The molecule has 0 spiro atoms. The number of hydrogen-bond acceptors (Lipinski definition) is 6. The fourth-order valence-electron chi connectivity index (χ4n) is 3.18. The van der Waals surface area contributed by atoms with E-state index < -0.39 is 21.9 Å². The van der Waals surface area contributed by atoms with Crippen molar-refractivity contribution in [3.63, 3.8) is 0 Å². The molecule has 1 saturated heterocycles. The maximum absolute atomic E-state index is 13.9. The number of nitrogens with zero attached hydrogens (tertiary/aromatic N) is 2. The molecular weight excluding hydrogens is 415 g/mol. The highest BCUT2D eigenvalue weighted by molar-refractivity contribution is 7.89. The number of methoxy groups -OCH3 is 1. The Labute approximate surface area is 175 Å². The predicted molar refractivity (Wildman–Crippen MR) is 106 cm³/mol. The third kappa shape index (κ3) is 5.07. The van der Waals surface area contributed by atoms with E-state index >= 15 is 0 Å². The molecule has 10 heteroatoms. The Balaban J connectivity index is 1.73. The Bertz CT molecular complexity index is 964. The van der Waals surface area contributed by atoms with Gasteiger partial charge < -0.3 is 18.8 Å². The molecule has 1 aliphatic rings. The van der Waals surface area contributed by atoms with Gasteiger partial charge in [0.2, 0.25) is 10.0 Å². The number of amides is 1. The summed E-state index contributed by atoms with van der Waals surface area (Å²) in [4.78, 5) is 14.1. The molecule has 2 heterocycles. The lowest BCUT2D eigenvalue weighted by Gasteiger charge is -2.35. The summed E-state index contributed by atoms with van der Waals surface area (Å²) in [5, 5.41) is 0. The third-order valence-electron chi connectivity index (χ3n) is 4.89. The van der Waals surface area contributed by atoms with E-state index in [4.69, 9.17) is 13.9 Å². The molecule has 1 unspecified atom stereocenters. The molecule has 1 aromatic heterocycles. The Morgan fingerprint density at radius 2 is 2.17 bits per heavy atom. The van der Waals surface area contributed by atoms with Crippen LogP contribution in [0.1, 0.15) is 16.1 Å². The number of sulfonamides is 1. The molecule has 30 heavy (non-hydrogen) atoms. The van der Waals surface area contributed by atoms with Crippen LogP contribution in [-0.4, -0.2) is 76.1 Å². The molecule has 8 nitrogen and oxygen atoms in total. The fraction of sp³-hybridized carbons (Fsp3) is 0.450. The second-order valence-corrected chi connectivity index (χ2v) is 8.93. The normalized spacial score (nSPS) is 17.8. The molecule has 0 saturated carbocycles. The van der Waals surface area contributed by atoms with Crippen LogP contribution >= 0.6 is 0 Å². The molecule has 1 aliphatic heterocycles. The molecule has 1 atom stereocenters. The highest BCUT2D eigenvalue weighted by atomic mass is 32.2. The minimum absolute atomic E-state index is 0.0484.